The van der Waals surface area contributed by atoms with Gasteiger partial charge in [-0.05, 0) is 48.0 Å². The van der Waals surface area contributed by atoms with Crippen LogP contribution in [0.5, 0.6) is 11.5 Å². The minimum absolute atomic E-state index is 0.0551. The van der Waals surface area contributed by atoms with Crippen molar-refractivity contribution in [1.29, 1.82) is 0 Å². The molecule has 37 heavy (non-hydrogen) atoms. The zero-order chi connectivity index (χ0) is 25.8. The van der Waals surface area contributed by atoms with E-state index in [-0.39, 0.29) is 5.91 Å². The van der Waals surface area contributed by atoms with Crippen LogP contribution in [-0.4, -0.2) is 65.9 Å². The summed E-state index contributed by atoms with van der Waals surface area (Å²) in [4.78, 5) is 18.1. The molecule has 3 aromatic carbocycles. The summed E-state index contributed by atoms with van der Waals surface area (Å²) in [5.41, 5.74) is 3.94. The Morgan fingerprint density at radius 3 is 2.30 bits per heavy atom. The highest BCUT2D eigenvalue weighted by atomic mass is 35.5. The van der Waals surface area contributed by atoms with E-state index in [9.17, 15) is 4.79 Å². The Morgan fingerprint density at radius 1 is 0.892 bits per heavy atom. The summed E-state index contributed by atoms with van der Waals surface area (Å²) in [5, 5.41) is 5.45. The van der Waals surface area contributed by atoms with E-state index in [1.54, 1.807) is 31.0 Å². The maximum Gasteiger partial charge on any atom is 0.272 e. The molecule has 1 aliphatic heterocycles. The van der Waals surface area contributed by atoms with Gasteiger partial charge < -0.3 is 14.4 Å². The first-order valence-corrected chi connectivity index (χ1v) is 12.6. The third-order valence-electron chi connectivity index (χ3n) is 6.59. The van der Waals surface area contributed by atoms with Crippen LogP contribution in [0.15, 0.2) is 78.9 Å². The minimum atomic E-state index is -0.0551. The number of methoxy groups -OCH3 is 2. The van der Waals surface area contributed by atoms with Crippen molar-refractivity contribution < 1.29 is 14.3 Å². The Balaban J connectivity index is 1.43. The molecular weight excluding hydrogens is 488 g/mol. The van der Waals surface area contributed by atoms with E-state index in [0.29, 0.717) is 41.0 Å². The molecule has 1 aliphatic rings. The molecule has 0 saturated carbocycles. The van der Waals surface area contributed by atoms with Crippen LogP contribution in [0, 0.1) is 0 Å². The summed E-state index contributed by atoms with van der Waals surface area (Å²) in [5.74, 6) is 1.25. The second-order valence-electron chi connectivity index (χ2n) is 8.92. The maximum absolute atomic E-state index is 13.8. The molecule has 2 heterocycles. The van der Waals surface area contributed by atoms with Gasteiger partial charge in [-0.25, -0.2) is 4.68 Å². The van der Waals surface area contributed by atoms with Gasteiger partial charge in [0.05, 0.1) is 25.6 Å². The number of hydrogen-bond donors (Lipinski definition) is 0. The number of nitrogens with zero attached hydrogens (tertiary/aromatic N) is 4. The van der Waals surface area contributed by atoms with Gasteiger partial charge in [-0.3, -0.25) is 9.69 Å². The molecule has 0 atom stereocenters. The third-order valence-corrected chi connectivity index (χ3v) is 6.84. The highest BCUT2D eigenvalue weighted by Gasteiger charge is 2.27. The lowest BCUT2D eigenvalue weighted by atomic mass is 10.1. The van der Waals surface area contributed by atoms with E-state index in [0.717, 1.165) is 30.9 Å². The Kier molecular flexibility index (Phi) is 7.44. The van der Waals surface area contributed by atoms with Crippen molar-refractivity contribution in [2.24, 2.45) is 0 Å². The van der Waals surface area contributed by atoms with Crippen molar-refractivity contribution in [1.82, 2.24) is 19.6 Å². The monoisotopic (exact) mass is 516 g/mol. The summed E-state index contributed by atoms with van der Waals surface area (Å²) in [7, 11) is 3.22. The van der Waals surface area contributed by atoms with Gasteiger partial charge in [0.15, 0.2) is 0 Å². The van der Waals surface area contributed by atoms with E-state index >= 15 is 0 Å². The zero-order valence-electron chi connectivity index (χ0n) is 20.9. The Bertz CT molecular complexity index is 1360. The highest BCUT2D eigenvalue weighted by Crippen LogP contribution is 2.34. The SMILES string of the molecule is COc1ccc(-c2cc(C(=O)N3CCN(Cc4ccccc4)CC3)n(-c3ccc(Cl)cc3)n2)c(OC)c1. The zero-order valence-corrected chi connectivity index (χ0v) is 21.7. The number of carbonyl (C=O) groups is 1. The van der Waals surface area contributed by atoms with Crippen molar-refractivity contribution >= 4 is 17.5 Å². The van der Waals surface area contributed by atoms with Crippen molar-refractivity contribution in [3.63, 3.8) is 0 Å². The number of halogens is 1. The number of hydrogen-bond acceptors (Lipinski definition) is 5. The molecule has 0 aliphatic carbocycles. The molecule has 4 aromatic rings. The lowest BCUT2D eigenvalue weighted by molar-refractivity contribution is 0.0619. The average Bonchev–Trinajstić information content (AvgIpc) is 3.39. The van der Waals surface area contributed by atoms with Crippen LogP contribution in [0.3, 0.4) is 0 Å². The molecule has 5 rings (SSSR count). The second-order valence-corrected chi connectivity index (χ2v) is 9.36. The molecule has 0 radical (unpaired) electrons. The quantitative estimate of drug-likeness (QED) is 0.339. The fourth-order valence-corrected chi connectivity index (χ4v) is 4.69. The molecule has 1 amide bonds. The number of ether oxygens (including phenoxy) is 2. The van der Waals surface area contributed by atoms with Gasteiger partial charge in [-0.2, -0.15) is 5.10 Å². The summed E-state index contributed by atoms with van der Waals surface area (Å²) in [6.45, 7) is 3.81. The smallest absolute Gasteiger partial charge is 0.272 e. The topological polar surface area (TPSA) is 59.8 Å². The lowest BCUT2D eigenvalue weighted by Gasteiger charge is -2.34. The molecule has 1 saturated heterocycles. The van der Waals surface area contributed by atoms with Gasteiger partial charge >= 0.3 is 0 Å². The van der Waals surface area contributed by atoms with E-state index in [2.05, 4.69) is 29.2 Å². The predicted octanol–water partition coefficient (Wildman–Crippen LogP) is 5.17. The van der Waals surface area contributed by atoms with Gasteiger partial charge in [0.2, 0.25) is 0 Å². The van der Waals surface area contributed by atoms with Crippen molar-refractivity contribution in [3.8, 4) is 28.4 Å². The van der Waals surface area contributed by atoms with E-state index < -0.39 is 0 Å². The normalized spacial score (nSPS) is 14.0. The molecule has 0 bridgehead atoms. The van der Waals surface area contributed by atoms with Gasteiger partial charge in [-0.15, -0.1) is 0 Å². The number of piperazine rings is 1. The summed E-state index contributed by atoms with van der Waals surface area (Å²) < 4.78 is 12.6. The molecule has 8 heteroatoms. The molecule has 0 unspecified atom stereocenters. The lowest BCUT2D eigenvalue weighted by Crippen LogP contribution is -2.48. The van der Waals surface area contributed by atoms with Gasteiger partial charge in [0, 0.05) is 49.4 Å². The molecule has 1 fully saturated rings. The first-order chi connectivity index (χ1) is 18.1. The molecule has 0 spiro atoms. The van der Waals surface area contributed by atoms with Crippen LogP contribution >= 0.6 is 11.6 Å². The Labute approximate surface area is 221 Å². The standard InChI is InChI=1S/C29H29ClN4O3/c1-36-24-12-13-25(28(18-24)37-2)26-19-27(34(31-26)23-10-8-22(30)9-11-23)29(35)33-16-14-32(15-17-33)20-21-6-4-3-5-7-21/h3-13,18-19H,14-17,20H2,1-2H3. The summed E-state index contributed by atoms with van der Waals surface area (Å²) in [6.07, 6.45) is 0. The Morgan fingerprint density at radius 2 is 1.62 bits per heavy atom. The molecule has 190 valence electrons. The Hall–Kier alpha value is -3.81. The second kappa shape index (κ2) is 11.1. The summed E-state index contributed by atoms with van der Waals surface area (Å²) in [6, 6.07) is 25.1. The maximum atomic E-state index is 13.8. The molecule has 0 N–H and O–H groups in total. The fraction of sp³-hybridized carbons (Fsp3) is 0.241. The molecule has 1 aromatic heterocycles. The largest absolute Gasteiger partial charge is 0.497 e. The van der Waals surface area contributed by atoms with E-state index in [1.165, 1.54) is 5.56 Å². The predicted molar refractivity (Wildman–Crippen MR) is 145 cm³/mol. The molecule has 7 nitrogen and oxygen atoms in total. The van der Waals surface area contributed by atoms with Crippen molar-refractivity contribution in [3.05, 3.63) is 95.1 Å². The minimum Gasteiger partial charge on any atom is -0.497 e. The van der Waals surface area contributed by atoms with Crippen molar-refractivity contribution in [2.75, 3.05) is 40.4 Å². The number of amides is 1. The van der Waals surface area contributed by atoms with Gasteiger partial charge in [0.25, 0.3) is 5.91 Å². The van der Waals surface area contributed by atoms with Crippen molar-refractivity contribution in [2.45, 2.75) is 6.54 Å². The van der Waals surface area contributed by atoms with Gasteiger partial charge in [0.1, 0.15) is 17.2 Å². The number of aromatic nitrogens is 2. The van der Waals surface area contributed by atoms with E-state index in [4.69, 9.17) is 26.2 Å². The number of benzene rings is 3. The fourth-order valence-electron chi connectivity index (χ4n) is 4.57. The number of carbonyl (C=O) groups excluding carboxylic acids is 1. The number of rotatable bonds is 7. The molecular formula is C29H29ClN4O3. The van der Waals surface area contributed by atoms with Crippen LogP contribution < -0.4 is 9.47 Å². The van der Waals surface area contributed by atoms with Crippen LogP contribution in [0.1, 0.15) is 16.1 Å². The first-order valence-electron chi connectivity index (χ1n) is 12.2. The van der Waals surface area contributed by atoms with Crippen LogP contribution in [0.25, 0.3) is 16.9 Å². The van der Waals surface area contributed by atoms with Crippen LogP contribution in [-0.2, 0) is 6.54 Å². The van der Waals surface area contributed by atoms with Gasteiger partial charge in [-0.1, -0.05) is 41.9 Å². The highest BCUT2D eigenvalue weighted by molar-refractivity contribution is 6.30. The van der Waals surface area contributed by atoms with Crippen LogP contribution in [0.2, 0.25) is 5.02 Å². The average molecular weight is 517 g/mol. The van der Waals surface area contributed by atoms with Crippen LogP contribution in [0.4, 0.5) is 0 Å². The first kappa shape index (κ1) is 24.9. The third kappa shape index (κ3) is 5.48. The summed E-state index contributed by atoms with van der Waals surface area (Å²) >= 11 is 6.13. The van der Waals surface area contributed by atoms with E-state index in [1.807, 2.05) is 47.4 Å².